The molecule has 0 unspecified atom stereocenters. The second-order valence-electron chi connectivity index (χ2n) is 8.02. The van der Waals surface area contributed by atoms with Crippen molar-refractivity contribution in [3.63, 3.8) is 0 Å². The van der Waals surface area contributed by atoms with Crippen molar-refractivity contribution in [3.05, 3.63) is 35.9 Å². The van der Waals surface area contributed by atoms with Gasteiger partial charge in [-0.1, -0.05) is 44.2 Å². The number of nitrogens with one attached hydrogen (secondary N) is 1. The molecule has 0 radical (unpaired) electrons. The van der Waals surface area contributed by atoms with E-state index in [0.717, 1.165) is 25.1 Å². The van der Waals surface area contributed by atoms with Crippen LogP contribution in [0.3, 0.4) is 0 Å². The first kappa shape index (κ1) is 19.8. The smallest absolute Gasteiger partial charge is 0.248 e. The highest BCUT2D eigenvalue weighted by Gasteiger charge is 2.45. The van der Waals surface area contributed by atoms with Crippen LogP contribution >= 0.6 is 0 Å². The van der Waals surface area contributed by atoms with Crippen molar-refractivity contribution < 1.29 is 14.3 Å². The summed E-state index contributed by atoms with van der Waals surface area (Å²) >= 11 is 0. The van der Waals surface area contributed by atoms with Crippen molar-refractivity contribution >= 4 is 11.8 Å². The zero-order valence-electron chi connectivity index (χ0n) is 16.6. The standard InChI is InChI=1S/C21H31N3O3/c1-15(2)9-10-23-11-12-24-18(13-23)20(25)22-19(21(24)26)16(3)27-14-17-7-5-4-6-8-17/h4-8,15-16,18-19H,9-14H2,1-3H3,(H,22,25)/t16-,18-,19+/m1/s1. The molecule has 148 valence electrons. The van der Waals surface area contributed by atoms with Gasteiger partial charge in [-0.2, -0.15) is 0 Å². The molecule has 0 spiro atoms. The average molecular weight is 373 g/mol. The lowest BCUT2D eigenvalue weighted by molar-refractivity contribution is -0.157. The van der Waals surface area contributed by atoms with E-state index >= 15 is 0 Å². The zero-order chi connectivity index (χ0) is 19.4. The Morgan fingerprint density at radius 1 is 1.15 bits per heavy atom. The second kappa shape index (κ2) is 8.85. The van der Waals surface area contributed by atoms with E-state index < -0.39 is 6.04 Å². The molecule has 2 aliphatic rings. The molecule has 3 rings (SSSR count). The Labute approximate surface area is 161 Å². The number of carbonyl (C=O) groups excluding carboxylic acids is 2. The average Bonchev–Trinajstić information content (AvgIpc) is 2.68. The highest BCUT2D eigenvalue weighted by molar-refractivity contribution is 5.97. The molecule has 1 N–H and O–H groups in total. The van der Waals surface area contributed by atoms with Crippen LogP contribution in [-0.4, -0.2) is 66.0 Å². The summed E-state index contributed by atoms with van der Waals surface area (Å²) in [4.78, 5) is 29.6. The summed E-state index contributed by atoms with van der Waals surface area (Å²) in [5.74, 6) is 0.546. The molecule has 2 amide bonds. The van der Waals surface area contributed by atoms with Crippen LogP contribution in [0.4, 0.5) is 0 Å². The molecule has 6 heteroatoms. The number of nitrogens with zero attached hydrogens (tertiary/aromatic N) is 2. The minimum Gasteiger partial charge on any atom is -0.371 e. The number of ether oxygens (including phenoxy) is 1. The van der Waals surface area contributed by atoms with Crippen molar-refractivity contribution in [2.75, 3.05) is 26.2 Å². The molecule has 2 heterocycles. The third-order valence-corrected chi connectivity index (χ3v) is 5.46. The van der Waals surface area contributed by atoms with E-state index in [-0.39, 0.29) is 24.0 Å². The summed E-state index contributed by atoms with van der Waals surface area (Å²) in [5, 5.41) is 2.90. The van der Waals surface area contributed by atoms with Crippen molar-refractivity contribution in [1.82, 2.24) is 15.1 Å². The quantitative estimate of drug-likeness (QED) is 0.789. The van der Waals surface area contributed by atoms with Crippen molar-refractivity contribution in [2.45, 2.75) is 52.0 Å². The van der Waals surface area contributed by atoms with E-state index in [0.29, 0.717) is 25.6 Å². The Hall–Kier alpha value is -1.92. The lowest BCUT2D eigenvalue weighted by Gasteiger charge is -2.46. The lowest BCUT2D eigenvalue weighted by atomic mass is 10.0. The normalized spacial score (nSPS) is 24.7. The monoisotopic (exact) mass is 373 g/mol. The second-order valence-corrected chi connectivity index (χ2v) is 8.02. The van der Waals surface area contributed by atoms with E-state index in [1.54, 1.807) is 4.90 Å². The molecule has 0 aliphatic carbocycles. The molecular formula is C21H31N3O3. The van der Waals surface area contributed by atoms with Crippen LogP contribution in [0, 0.1) is 5.92 Å². The van der Waals surface area contributed by atoms with Crippen LogP contribution in [0.25, 0.3) is 0 Å². The van der Waals surface area contributed by atoms with Crippen LogP contribution in [-0.2, 0) is 20.9 Å². The molecule has 0 aromatic heterocycles. The van der Waals surface area contributed by atoms with Gasteiger partial charge < -0.3 is 15.0 Å². The van der Waals surface area contributed by atoms with Gasteiger partial charge in [-0.05, 0) is 31.4 Å². The summed E-state index contributed by atoms with van der Waals surface area (Å²) in [6, 6.07) is 8.86. The zero-order valence-corrected chi connectivity index (χ0v) is 16.6. The first-order chi connectivity index (χ1) is 13.0. The first-order valence-corrected chi connectivity index (χ1v) is 9.94. The van der Waals surface area contributed by atoms with Crippen molar-refractivity contribution in [3.8, 4) is 0 Å². The van der Waals surface area contributed by atoms with E-state index in [1.807, 2.05) is 37.3 Å². The van der Waals surface area contributed by atoms with E-state index in [9.17, 15) is 9.59 Å². The molecule has 2 saturated heterocycles. The Balaban J connectivity index is 1.57. The number of amides is 2. The van der Waals surface area contributed by atoms with Crippen LogP contribution in [0.15, 0.2) is 30.3 Å². The number of hydrogen-bond donors (Lipinski definition) is 1. The fourth-order valence-electron chi connectivity index (χ4n) is 3.68. The predicted octanol–water partition coefficient (Wildman–Crippen LogP) is 1.65. The topological polar surface area (TPSA) is 61.9 Å². The maximum absolute atomic E-state index is 12.9. The van der Waals surface area contributed by atoms with E-state index in [1.165, 1.54) is 0 Å². The van der Waals surface area contributed by atoms with Crippen LogP contribution in [0.2, 0.25) is 0 Å². The summed E-state index contributed by atoms with van der Waals surface area (Å²) < 4.78 is 5.88. The third kappa shape index (κ3) is 4.87. The molecule has 3 atom stereocenters. The highest BCUT2D eigenvalue weighted by Crippen LogP contribution is 2.20. The minimum absolute atomic E-state index is 0.0244. The third-order valence-electron chi connectivity index (χ3n) is 5.46. The van der Waals surface area contributed by atoms with E-state index in [4.69, 9.17) is 4.74 Å². The molecule has 0 bridgehead atoms. The van der Waals surface area contributed by atoms with Gasteiger partial charge in [0, 0.05) is 19.6 Å². The summed E-state index contributed by atoms with van der Waals surface area (Å²) in [5.41, 5.74) is 1.05. The summed E-state index contributed by atoms with van der Waals surface area (Å²) in [6.07, 6.45) is 0.733. The molecule has 0 saturated carbocycles. The van der Waals surface area contributed by atoms with Gasteiger partial charge in [0.05, 0.1) is 12.7 Å². The molecule has 2 fully saturated rings. The largest absolute Gasteiger partial charge is 0.371 e. The molecule has 27 heavy (non-hydrogen) atoms. The molecular weight excluding hydrogens is 342 g/mol. The highest BCUT2D eigenvalue weighted by atomic mass is 16.5. The molecule has 1 aromatic carbocycles. The van der Waals surface area contributed by atoms with Crippen LogP contribution < -0.4 is 5.32 Å². The number of rotatable bonds is 7. The first-order valence-electron chi connectivity index (χ1n) is 9.94. The van der Waals surface area contributed by atoms with Gasteiger partial charge in [-0.3, -0.25) is 14.5 Å². The Morgan fingerprint density at radius 3 is 2.59 bits per heavy atom. The summed E-state index contributed by atoms with van der Waals surface area (Å²) in [6.45, 7) is 9.72. The lowest BCUT2D eigenvalue weighted by Crippen LogP contribution is -2.71. The number of fused-ring (bicyclic) bond motifs is 1. The maximum Gasteiger partial charge on any atom is 0.248 e. The van der Waals surface area contributed by atoms with Crippen LogP contribution in [0.5, 0.6) is 0 Å². The number of carbonyl (C=O) groups is 2. The minimum atomic E-state index is -0.611. The fourth-order valence-corrected chi connectivity index (χ4v) is 3.68. The number of hydrogen-bond acceptors (Lipinski definition) is 4. The van der Waals surface area contributed by atoms with Gasteiger partial charge in [0.25, 0.3) is 0 Å². The Kier molecular flexibility index (Phi) is 6.50. The number of piperazine rings is 2. The Morgan fingerprint density at radius 2 is 1.89 bits per heavy atom. The molecule has 1 aromatic rings. The molecule has 6 nitrogen and oxygen atoms in total. The van der Waals surface area contributed by atoms with Gasteiger partial charge in [0.2, 0.25) is 11.8 Å². The Bertz CT molecular complexity index is 649. The van der Waals surface area contributed by atoms with Gasteiger partial charge in [-0.15, -0.1) is 0 Å². The fraction of sp³-hybridized carbons (Fsp3) is 0.619. The van der Waals surface area contributed by atoms with Crippen LogP contribution in [0.1, 0.15) is 32.8 Å². The SMILES string of the molecule is CC(C)CCN1CCN2C(=O)[C@H]([C@@H](C)OCc3ccccc3)NC(=O)[C@H]2C1. The maximum atomic E-state index is 12.9. The van der Waals surface area contributed by atoms with Crippen molar-refractivity contribution in [2.24, 2.45) is 5.92 Å². The predicted molar refractivity (Wildman–Crippen MR) is 104 cm³/mol. The number of benzene rings is 1. The van der Waals surface area contributed by atoms with Gasteiger partial charge in [0.1, 0.15) is 12.1 Å². The molecule has 2 aliphatic heterocycles. The van der Waals surface area contributed by atoms with Gasteiger partial charge in [-0.25, -0.2) is 0 Å². The van der Waals surface area contributed by atoms with Crippen molar-refractivity contribution in [1.29, 1.82) is 0 Å². The van der Waals surface area contributed by atoms with Gasteiger partial charge in [0.15, 0.2) is 0 Å². The summed E-state index contributed by atoms with van der Waals surface area (Å²) in [7, 11) is 0. The van der Waals surface area contributed by atoms with E-state index in [2.05, 4.69) is 24.1 Å². The van der Waals surface area contributed by atoms with Gasteiger partial charge >= 0.3 is 0 Å².